The third-order valence-electron chi connectivity index (χ3n) is 5.30. The van der Waals surface area contributed by atoms with Crippen molar-refractivity contribution in [2.75, 3.05) is 17.6 Å². The number of amides is 1. The minimum atomic E-state index is -3.39. The highest BCUT2D eigenvalue weighted by Gasteiger charge is 2.33. The van der Waals surface area contributed by atoms with Gasteiger partial charge in [-0.3, -0.25) is 19.2 Å². The molecule has 3 rings (SSSR count). The fraction of sp³-hybridized carbons (Fsp3) is 0.350. The first-order valence-corrected chi connectivity index (χ1v) is 11.0. The van der Waals surface area contributed by atoms with Gasteiger partial charge in [0.05, 0.1) is 22.9 Å². The highest BCUT2D eigenvalue weighted by molar-refractivity contribution is 7.92. The first kappa shape index (κ1) is 20.8. The number of carbonyl (C=O) groups excluding carboxylic acids is 1. The molecule has 2 aromatic carbocycles. The van der Waals surface area contributed by atoms with Crippen LogP contribution < -0.4 is 4.31 Å². The van der Waals surface area contributed by atoms with Crippen LogP contribution in [0.1, 0.15) is 41.4 Å². The van der Waals surface area contributed by atoms with E-state index in [1.54, 1.807) is 44.3 Å². The van der Waals surface area contributed by atoms with E-state index in [4.69, 9.17) is 0 Å². The van der Waals surface area contributed by atoms with Crippen LogP contribution in [0.2, 0.25) is 0 Å². The van der Waals surface area contributed by atoms with E-state index in [0.717, 1.165) is 5.56 Å². The topological polar surface area (TPSA) is 101 Å². The smallest absolute Gasteiger partial charge is 0.269 e. The van der Waals surface area contributed by atoms with Gasteiger partial charge < -0.3 is 4.90 Å². The Labute approximate surface area is 169 Å². The van der Waals surface area contributed by atoms with Crippen molar-refractivity contribution >= 4 is 27.3 Å². The lowest BCUT2D eigenvalue weighted by atomic mass is 10.0. The Bertz CT molecular complexity index is 1080. The molecule has 0 unspecified atom stereocenters. The highest BCUT2D eigenvalue weighted by atomic mass is 32.2. The number of hydrogen-bond acceptors (Lipinski definition) is 5. The number of nitro groups is 1. The van der Waals surface area contributed by atoms with Gasteiger partial charge in [-0.1, -0.05) is 12.1 Å². The van der Waals surface area contributed by atoms with Gasteiger partial charge in [-0.2, -0.15) is 0 Å². The Morgan fingerprint density at radius 1 is 1.28 bits per heavy atom. The summed E-state index contributed by atoms with van der Waals surface area (Å²) in [5, 5.41) is 11.0. The molecule has 9 heteroatoms. The average molecular weight is 417 g/mol. The standard InChI is InChI=1S/C20H23N3O5S/c1-13-10-17-11-16(8-9-19(17)22(13)29(4,27)28)20(24)21(3)14(2)15-6-5-7-18(12-15)23(25)26/h5-9,11-14H,10H2,1-4H3/t13-,14+/m1/s1. The summed E-state index contributed by atoms with van der Waals surface area (Å²) >= 11 is 0. The zero-order valence-corrected chi connectivity index (χ0v) is 17.5. The molecular weight excluding hydrogens is 394 g/mol. The normalized spacial score (nSPS) is 17.0. The summed E-state index contributed by atoms with van der Waals surface area (Å²) in [7, 11) is -1.75. The zero-order chi connectivity index (χ0) is 21.5. The molecule has 0 aromatic heterocycles. The zero-order valence-electron chi connectivity index (χ0n) is 16.7. The SMILES string of the molecule is C[C@@H]1Cc2cc(C(=O)N(C)[C@@H](C)c3cccc([N+](=O)[O-])c3)ccc2N1S(C)(=O)=O. The van der Waals surface area contributed by atoms with Crippen molar-refractivity contribution in [3.8, 4) is 0 Å². The molecule has 0 fully saturated rings. The first-order chi connectivity index (χ1) is 13.5. The van der Waals surface area contributed by atoms with Crippen LogP contribution >= 0.6 is 0 Å². The highest BCUT2D eigenvalue weighted by Crippen LogP contribution is 2.35. The monoisotopic (exact) mass is 417 g/mol. The van der Waals surface area contributed by atoms with E-state index < -0.39 is 14.9 Å². The van der Waals surface area contributed by atoms with E-state index in [9.17, 15) is 23.3 Å². The maximum Gasteiger partial charge on any atom is 0.269 e. The molecule has 0 radical (unpaired) electrons. The van der Waals surface area contributed by atoms with Crippen LogP contribution in [-0.4, -0.2) is 43.5 Å². The van der Waals surface area contributed by atoms with Crippen molar-refractivity contribution < 1.29 is 18.1 Å². The predicted molar refractivity (Wildman–Crippen MR) is 111 cm³/mol. The second kappa shape index (κ2) is 7.47. The Balaban J connectivity index is 1.87. The molecule has 29 heavy (non-hydrogen) atoms. The van der Waals surface area contributed by atoms with Crippen LogP contribution in [0.3, 0.4) is 0 Å². The maximum absolute atomic E-state index is 13.0. The van der Waals surface area contributed by atoms with Gasteiger partial charge >= 0.3 is 0 Å². The second-order valence-corrected chi connectivity index (χ2v) is 9.26. The molecule has 2 aromatic rings. The second-order valence-electron chi connectivity index (χ2n) is 7.40. The van der Waals surface area contributed by atoms with E-state index >= 15 is 0 Å². The molecule has 1 heterocycles. The lowest BCUT2D eigenvalue weighted by Crippen LogP contribution is -2.34. The summed E-state index contributed by atoms with van der Waals surface area (Å²) in [5.74, 6) is -0.239. The first-order valence-electron chi connectivity index (χ1n) is 9.14. The Hall–Kier alpha value is -2.94. The van der Waals surface area contributed by atoms with Gasteiger partial charge in [-0.25, -0.2) is 8.42 Å². The Morgan fingerprint density at radius 2 is 1.97 bits per heavy atom. The fourth-order valence-electron chi connectivity index (χ4n) is 3.74. The van der Waals surface area contributed by atoms with Crippen molar-refractivity contribution in [2.24, 2.45) is 0 Å². The summed E-state index contributed by atoms with van der Waals surface area (Å²) in [6.45, 7) is 3.64. The average Bonchev–Trinajstić information content (AvgIpc) is 3.01. The van der Waals surface area contributed by atoms with Crippen molar-refractivity contribution in [2.45, 2.75) is 32.4 Å². The number of benzene rings is 2. The molecule has 1 aliphatic heterocycles. The lowest BCUT2D eigenvalue weighted by molar-refractivity contribution is -0.384. The fourth-order valence-corrected chi connectivity index (χ4v) is 5.01. The van der Waals surface area contributed by atoms with Gasteiger partial charge in [-0.05, 0) is 49.6 Å². The minimum absolute atomic E-state index is 0.0254. The molecule has 0 bridgehead atoms. The quantitative estimate of drug-likeness (QED) is 0.549. The summed E-state index contributed by atoms with van der Waals surface area (Å²) in [5.41, 5.74) is 2.50. The number of rotatable bonds is 5. The number of anilines is 1. The van der Waals surface area contributed by atoms with Crippen molar-refractivity contribution in [3.05, 3.63) is 69.3 Å². The van der Waals surface area contributed by atoms with Crippen LogP contribution in [0.4, 0.5) is 11.4 Å². The maximum atomic E-state index is 13.0. The molecular formula is C20H23N3O5S. The number of nitro benzene ring substituents is 1. The molecule has 1 amide bonds. The van der Waals surface area contributed by atoms with Gasteiger partial charge in [0.15, 0.2) is 0 Å². The number of non-ortho nitro benzene ring substituents is 1. The van der Waals surface area contributed by atoms with Crippen LogP contribution in [0.25, 0.3) is 0 Å². The van der Waals surface area contributed by atoms with E-state index in [2.05, 4.69) is 0 Å². The Kier molecular flexibility index (Phi) is 5.36. The molecule has 0 saturated heterocycles. The van der Waals surface area contributed by atoms with Gasteiger partial charge in [0.1, 0.15) is 0 Å². The van der Waals surface area contributed by atoms with Gasteiger partial charge in [0.25, 0.3) is 11.6 Å². The van der Waals surface area contributed by atoms with Crippen LogP contribution in [0.15, 0.2) is 42.5 Å². The van der Waals surface area contributed by atoms with Crippen molar-refractivity contribution in [3.63, 3.8) is 0 Å². The number of hydrogen-bond donors (Lipinski definition) is 0. The minimum Gasteiger partial charge on any atom is -0.335 e. The molecule has 1 aliphatic rings. The van der Waals surface area contributed by atoms with E-state index in [1.165, 1.54) is 27.6 Å². The molecule has 0 N–H and O–H groups in total. The summed E-state index contributed by atoms with van der Waals surface area (Å²) in [6, 6.07) is 10.7. The number of sulfonamides is 1. The molecule has 8 nitrogen and oxygen atoms in total. The third-order valence-corrected chi connectivity index (χ3v) is 6.57. The molecule has 0 saturated carbocycles. The third kappa shape index (κ3) is 3.95. The van der Waals surface area contributed by atoms with Gasteiger partial charge in [-0.15, -0.1) is 0 Å². The van der Waals surface area contributed by atoms with Gasteiger partial charge in [0.2, 0.25) is 10.0 Å². The van der Waals surface area contributed by atoms with E-state index in [0.29, 0.717) is 23.2 Å². The lowest BCUT2D eigenvalue weighted by Gasteiger charge is -2.26. The largest absolute Gasteiger partial charge is 0.335 e. The van der Waals surface area contributed by atoms with E-state index in [1.807, 2.05) is 6.92 Å². The number of fused-ring (bicyclic) bond motifs is 1. The van der Waals surface area contributed by atoms with Crippen LogP contribution in [-0.2, 0) is 16.4 Å². The van der Waals surface area contributed by atoms with Gasteiger partial charge in [0, 0.05) is 30.8 Å². The molecule has 0 aliphatic carbocycles. The Morgan fingerprint density at radius 3 is 2.59 bits per heavy atom. The summed E-state index contributed by atoms with van der Waals surface area (Å²) in [4.78, 5) is 25.1. The number of nitrogens with zero attached hydrogens (tertiary/aromatic N) is 3. The number of carbonyl (C=O) groups is 1. The molecule has 0 spiro atoms. The predicted octanol–water partition coefficient (Wildman–Crippen LogP) is 3.14. The van der Waals surface area contributed by atoms with Crippen LogP contribution in [0.5, 0.6) is 0 Å². The van der Waals surface area contributed by atoms with Crippen LogP contribution in [0, 0.1) is 10.1 Å². The van der Waals surface area contributed by atoms with Crippen molar-refractivity contribution in [1.82, 2.24) is 4.90 Å². The molecule has 2 atom stereocenters. The van der Waals surface area contributed by atoms with E-state index in [-0.39, 0.29) is 23.7 Å². The summed E-state index contributed by atoms with van der Waals surface area (Å²) in [6.07, 6.45) is 1.71. The van der Waals surface area contributed by atoms with Crippen molar-refractivity contribution in [1.29, 1.82) is 0 Å². The molecule has 154 valence electrons. The summed E-state index contributed by atoms with van der Waals surface area (Å²) < 4.78 is 25.5.